The van der Waals surface area contributed by atoms with Gasteiger partial charge in [0.15, 0.2) is 5.82 Å². The number of nitrogens with one attached hydrogen (secondary N) is 1. The van der Waals surface area contributed by atoms with Crippen LogP contribution in [0.25, 0.3) is 0 Å². The summed E-state index contributed by atoms with van der Waals surface area (Å²) >= 11 is 3.09. The van der Waals surface area contributed by atoms with Crippen molar-refractivity contribution in [1.82, 2.24) is 9.97 Å². The number of hydrazine groups is 1. The minimum atomic E-state index is -0.882. The number of benzene rings is 1. The van der Waals surface area contributed by atoms with Crippen LogP contribution < -0.4 is 16.0 Å². The highest BCUT2D eigenvalue weighted by atomic mass is 79.9. The molecule has 3 N–H and O–H groups in total. The lowest BCUT2D eigenvalue weighted by Crippen LogP contribution is -2.10. The minimum Gasteiger partial charge on any atom is -0.427 e. The van der Waals surface area contributed by atoms with Crippen LogP contribution in [0.5, 0.6) is 11.6 Å². The van der Waals surface area contributed by atoms with E-state index in [2.05, 4.69) is 31.3 Å². The van der Waals surface area contributed by atoms with E-state index in [1.165, 1.54) is 12.3 Å². The zero-order valence-corrected chi connectivity index (χ0v) is 11.3. The fourth-order valence-electron chi connectivity index (χ4n) is 1.33. The summed E-state index contributed by atoms with van der Waals surface area (Å²) in [5.41, 5.74) is 1.67. The third-order valence-electron chi connectivity index (χ3n) is 2.18. The van der Waals surface area contributed by atoms with Crippen LogP contribution in [0.4, 0.5) is 16.0 Å². The molecule has 1 aromatic heterocycles. The van der Waals surface area contributed by atoms with E-state index in [1.54, 1.807) is 0 Å². The molecule has 0 aliphatic heterocycles. The van der Waals surface area contributed by atoms with Gasteiger partial charge < -0.3 is 4.74 Å². The highest BCUT2D eigenvalue weighted by molar-refractivity contribution is 9.10. The van der Waals surface area contributed by atoms with Gasteiger partial charge in [0, 0.05) is 6.07 Å². The van der Waals surface area contributed by atoms with Gasteiger partial charge >= 0.3 is 5.69 Å². The standard InChI is InChI=1S/C10H7BrFN5O3/c11-5-4-14-10(16-13)15-9(5)20-8-6(12)2-1-3-7(8)17(18)19/h1-4H,13H2,(H,14,15,16). The lowest BCUT2D eigenvalue weighted by atomic mass is 10.3. The normalized spacial score (nSPS) is 10.2. The van der Waals surface area contributed by atoms with Gasteiger partial charge in [0.2, 0.25) is 17.6 Å². The van der Waals surface area contributed by atoms with Crippen LogP contribution in [0.3, 0.4) is 0 Å². The Kier molecular flexibility index (Phi) is 4.05. The van der Waals surface area contributed by atoms with Crippen LogP contribution in [-0.2, 0) is 0 Å². The maximum atomic E-state index is 13.7. The van der Waals surface area contributed by atoms with Crippen LogP contribution in [-0.4, -0.2) is 14.9 Å². The van der Waals surface area contributed by atoms with Crippen LogP contribution >= 0.6 is 15.9 Å². The van der Waals surface area contributed by atoms with Gasteiger partial charge in [-0.05, 0) is 22.0 Å². The van der Waals surface area contributed by atoms with Gasteiger partial charge in [-0.3, -0.25) is 15.5 Å². The summed E-state index contributed by atoms with van der Waals surface area (Å²) in [6, 6.07) is 3.37. The van der Waals surface area contributed by atoms with E-state index in [-0.39, 0.29) is 16.3 Å². The molecule has 1 heterocycles. The third-order valence-corrected chi connectivity index (χ3v) is 2.73. The third kappa shape index (κ3) is 2.81. The number of nitro benzene ring substituents is 1. The number of nitro groups is 1. The molecule has 0 unspecified atom stereocenters. The first kappa shape index (κ1) is 14.1. The number of rotatable bonds is 4. The fourth-order valence-corrected chi connectivity index (χ4v) is 1.60. The molecule has 0 amide bonds. The zero-order chi connectivity index (χ0) is 14.7. The maximum absolute atomic E-state index is 13.7. The Hall–Kier alpha value is -2.33. The van der Waals surface area contributed by atoms with Gasteiger partial charge in [-0.15, -0.1) is 0 Å². The average Bonchev–Trinajstić information content (AvgIpc) is 2.43. The average molecular weight is 344 g/mol. The monoisotopic (exact) mass is 343 g/mol. The highest BCUT2D eigenvalue weighted by Crippen LogP contribution is 2.35. The molecule has 0 aliphatic carbocycles. The van der Waals surface area contributed by atoms with Crippen molar-refractivity contribution < 1.29 is 14.1 Å². The molecule has 0 fully saturated rings. The fraction of sp³-hybridized carbons (Fsp3) is 0. The number of nitrogen functional groups attached to an aromatic ring is 1. The van der Waals surface area contributed by atoms with Crippen molar-refractivity contribution in [3.63, 3.8) is 0 Å². The molecule has 0 radical (unpaired) electrons. The van der Waals surface area contributed by atoms with Crippen LogP contribution in [0.15, 0.2) is 28.9 Å². The van der Waals surface area contributed by atoms with Crippen molar-refractivity contribution in [1.29, 1.82) is 0 Å². The number of hydrogen-bond acceptors (Lipinski definition) is 7. The van der Waals surface area contributed by atoms with Crippen LogP contribution in [0.2, 0.25) is 0 Å². The van der Waals surface area contributed by atoms with Gasteiger partial charge in [0.1, 0.15) is 0 Å². The maximum Gasteiger partial charge on any atom is 0.314 e. The predicted octanol–water partition coefficient (Wildman–Crippen LogP) is 2.36. The number of para-hydroxylation sites is 1. The number of nitrogens with two attached hydrogens (primary N) is 1. The van der Waals surface area contributed by atoms with Crippen LogP contribution in [0, 0.1) is 15.9 Å². The van der Waals surface area contributed by atoms with E-state index < -0.39 is 22.2 Å². The Balaban J connectivity index is 2.47. The summed E-state index contributed by atoms with van der Waals surface area (Å²) in [5.74, 6) is 3.62. The summed E-state index contributed by atoms with van der Waals surface area (Å²) in [6.07, 6.45) is 1.31. The number of anilines is 1. The van der Waals surface area contributed by atoms with E-state index in [0.717, 1.165) is 12.1 Å². The smallest absolute Gasteiger partial charge is 0.314 e. The predicted molar refractivity (Wildman–Crippen MR) is 70.7 cm³/mol. The number of hydrogen-bond donors (Lipinski definition) is 2. The van der Waals surface area contributed by atoms with Crippen molar-refractivity contribution in [3.05, 3.63) is 44.8 Å². The van der Waals surface area contributed by atoms with Crippen molar-refractivity contribution >= 4 is 27.6 Å². The summed E-state index contributed by atoms with van der Waals surface area (Å²) in [6.45, 7) is 0. The number of aromatic nitrogens is 2. The van der Waals surface area contributed by atoms with E-state index in [4.69, 9.17) is 10.6 Å². The molecule has 2 rings (SSSR count). The first-order valence-corrected chi connectivity index (χ1v) is 5.92. The molecule has 20 heavy (non-hydrogen) atoms. The van der Waals surface area contributed by atoms with E-state index in [0.29, 0.717) is 0 Å². The summed E-state index contributed by atoms with van der Waals surface area (Å²) in [4.78, 5) is 17.7. The summed E-state index contributed by atoms with van der Waals surface area (Å²) < 4.78 is 19.1. The molecular weight excluding hydrogens is 337 g/mol. The summed E-state index contributed by atoms with van der Waals surface area (Å²) in [5, 5.41) is 10.9. The second-order valence-corrected chi connectivity index (χ2v) is 4.29. The zero-order valence-electron chi connectivity index (χ0n) is 9.71. The van der Waals surface area contributed by atoms with Crippen molar-refractivity contribution in [2.45, 2.75) is 0 Å². The Morgan fingerprint density at radius 2 is 2.25 bits per heavy atom. The van der Waals surface area contributed by atoms with E-state index >= 15 is 0 Å². The van der Waals surface area contributed by atoms with E-state index in [1.807, 2.05) is 0 Å². The molecule has 0 atom stereocenters. The van der Waals surface area contributed by atoms with Gasteiger partial charge in [-0.1, -0.05) is 6.07 Å². The van der Waals surface area contributed by atoms with Gasteiger partial charge in [-0.2, -0.15) is 4.98 Å². The van der Waals surface area contributed by atoms with Gasteiger partial charge in [-0.25, -0.2) is 15.2 Å². The largest absolute Gasteiger partial charge is 0.427 e. The molecular formula is C10H7BrFN5O3. The first-order valence-electron chi connectivity index (χ1n) is 5.13. The van der Waals surface area contributed by atoms with Gasteiger partial charge in [0.05, 0.1) is 15.6 Å². The molecule has 10 heteroatoms. The molecule has 8 nitrogen and oxygen atoms in total. The number of ether oxygens (including phenoxy) is 1. The first-order chi connectivity index (χ1) is 9.52. The van der Waals surface area contributed by atoms with Crippen molar-refractivity contribution in [2.75, 3.05) is 5.43 Å². The quantitative estimate of drug-likeness (QED) is 0.497. The molecule has 0 spiro atoms. The molecule has 0 aliphatic rings. The summed E-state index contributed by atoms with van der Waals surface area (Å²) in [7, 11) is 0. The van der Waals surface area contributed by atoms with Crippen molar-refractivity contribution in [3.8, 4) is 11.6 Å². The molecule has 0 bridgehead atoms. The second-order valence-electron chi connectivity index (χ2n) is 3.44. The molecule has 104 valence electrons. The molecule has 2 aromatic rings. The van der Waals surface area contributed by atoms with E-state index in [9.17, 15) is 14.5 Å². The highest BCUT2D eigenvalue weighted by Gasteiger charge is 2.21. The Labute approximate surface area is 120 Å². The van der Waals surface area contributed by atoms with Crippen LogP contribution in [0.1, 0.15) is 0 Å². The molecule has 0 saturated carbocycles. The van der Waals surface area contributed by atoms with Crippen molar-refractivity contribution in [2.24, 2.45) is 5.84 Å². The van der Waals surface area contributed by atoms with Gasteiger partial charge in [0.25, 0.3) is 0 Å². The molecule has 0 saturated heterocycles. The Bertz CT molecular complexity index is 669. The molecule has 1 aromatic carbocycles. The SMILES string of the molecule is NNc1ncc(Br)c(Oc2c(F)cccc2[N+](=O)[O-])n1. The second kappa shape index (κ2) is 5.75. The number of nitrogens with zero attached hydrogens (tertiary/aromatic N) is 3. The Morgan fingerprint density at radius 3 is 2.90 bits per heavy atom. The minimum absolute atomic E-state index is 0.0159. The lowest BCUT2D eigenvalue weighted by molar-refractivity contribution is -0.385. The number of halogens is 2. The Morgan fingerprint density at radius 1 is 1.50 bits per heavy atom. The lowest BCUT2D eigenvalue weighted by Gasteiger charge is -2.08. The topological polar surface area (TPSA) is 116 Å².